The summed E-state index contributed by atoms with van der Waals surface area (Å²) in [6.07, 6.45) is 16.1. The van der Waals surface area contributed by atoms with Gasteiger partial charge in [-0.25, -0.2) is 18.7 Å². The van der Waals surface area contributed by atoms with Gasteiger partial charge in [0.25, 0.3) is 10.1 Å². The van der Waals surface area contributed by atoms with Crippen LogP contribution in [-0.4, -0.2) is 186 Å². The van der Waals surface area contributed by atoms with Crippen molar-refractivity contribution >= 4 is 119 Å². The van der Waals surface area contributed by atoms with E-state index in [2.05, 4.69) is 127 Å². The number of piperidine rings is 2. The minimum absolute atomic E-state index is 0.0666. The van der Waals surface area contributed by atoms with Crippen LogP contribution in [0.25, 0.3) is 11.1 Å². The number of nitrogens with one attached hydrogen (secondary N) is 3. The summed E-state index contributed by atoms with van der Waals surface area (Å²) < 4.78 is 108. The number of methoxy groups -OCH3 is 2. The first-order chi connectivity index (χ1) is 54.0. The SMILES string of the molecule is CCCCO.CCc1cc(N)c(OC)cc1N1CCC(N2CCOCC2)CC1.CCc1cc(Nc2ncc(Br)c(NC3=C(P(C)(C)=O)CC(c4ccccc4F)C=C3)n2)c(OC)cc1N1CCC(N2CCOCC2)CC1.CP(C)(=O)c1cc(-c2ccccc2F)ccc1Nc1nc(Cl)ncc1Br.Cc1ccc(S(=O)(=O)O)cc1. The second kappa shape index (κ2) is 42.5. The predicted molar refractivity (Wildman–Crippen MR) is 462 cm³/mol. The molecule has 7 N–H and O–H groups in total. The number of nitrogens with two attached hydrogens (primary N) is 1. The second-order valence-corrected chi connectivity index (χ2v) is 38.7. The van der Waals surface area contributed by atoms with Crippen LogP contribution in [0.2, 0.25) is 5.28 Å². The molecule has 4 fully saturated rings. The average molecular weight is 1760 g/mol. The molecule has 1 unspecified atom stereocenters. The number of hydrogen-bond acceptors (Lipinski definition) is 21. The van der Waals surface area contributed by atoms with Gasteiger partial charge in [-0.05, 0) is 205 Å². The molecule has 1 aliphatic carbocycles. The molecule has 4 aliphatic heterocycles. The number of aryl methyl sites for hydroxylation is 3. The zero-order valence-corrected chi connectivity index (χ0v) is 72.6. The fourth-order valence-corrected chi connectivity index (χ4v) is 17.8. The molecule has 8 aromatic rings. The van der Waals surface area contributed by atoms with Crippen molar-refractivity contribution < 1.29 is 54.9 Å². The van der Waals surface area contributed by atoms with Crippen LogP contribution in [0.5, 0.6) is 11.5 Å². The first-order valence-electron chi connectivity index (χ1n) is 38.2. The van der Waals surface area contributed by atoms with E-state index in [-0.39, 0.29) is 27.7 Å². The van der Waals surface area contributed by atoms with Crippen molar-refractivity contribution in [3.05, 3.63) is 199 Å². The van der Waals surface area contributed by atoms with E-state index in [9.17, 15) is 26.3 Å². The van der Waals surface area contributed by atoms with E-state index in [0.717, 1.165) is 151 Å². The number of morpholine rings is 2. The van der Waals surface area contributed by atoms with E-state index in [1.165, 1.54) is 65.8 Å². The van der Waals surface area contributed by atoms with Crippen molar-refractivity contribution in [3.63, 3.8) is 0 Å². The molecule has 0 amide bonds. The highest BCUT2D eigenvalue weighted by Gasteiger charge is 2.32. The number of hydrogen-bond donors (Lipinski definition) is 6. The van der Waals surface area contributed by atoms with Gasteiger partial charge in [0.1, 0.15) is 49.1 Å². The molecule has 4 saturated heterocycles. The molecular weight excluding hydrogens is 1650 g/mol. The second-order valence-electron chi connectivity index (χ2n) is 28.8. The maximum Gasteiger partial charge on any atom is 0.294 e. The number of rotatable bonds is 21. The number of nitrogen functional groups attached to an aromatic ring is 1. The number of benzene rings is 6. The lowest BCUT2D eigenvalue weighted by molar-refractivity contribution is 0.0115. The number of anilines is 8. The van der Waals surface area contributed by atoms with Crippen LogP contribution in [0.3, 0.4) is 0 Å². The molecule has 1 atom stereocenters. The molecule has 5 aliphatic rings. The Morgan fingerprint density at radius 2 is 1.19 bits per heavy atom. The van der Waals surface area contributed by atoms with Crippen LogP contribution in [-0.2, 0) is 41.6 Å². The number of allylic oxidation sites excluding steroid dienone is 3. The summed E-state index contributed by atoms with van der Waals surface area (Å²) in [5, 5.41) is 19.4. The van der Waals surface area contributed by atoms with Gasteiger partial charge in [-0.1, -0.05) is 93.4 Å². The fourth-order valence-electron chi connectivity index (χ4n) is 14.1. The van der Waals surface area contributed by atoms with Crippen LogP contribution in [0.4, 0.5) is 54.8 Å². The molecule has 113 heavy (non-hydrogen) atoms. The Labute approximate surface area is 686 Å². The summed E-state index contributed by atoms with van der Waals surface area (Å²) in [5.41, 5.74) is 16.6. The van der Waals surface area contributed by atoms with Gasteiger partial charge in [0, 0.05) is 135 Å². The van der Waals surface area contributed by atoms with Crippen LogP contribution in [0, 0.1) is 18.6 Å². The van der Waals surface area contributed by atoms with Crippen molar-refractivity contribution in [1.29, 1.82) is 0 Å². The molecule has 6 heterocycles. The molecule has 30 heteroatoms. The van der Waals surface area contributed by atoms with E-state index in [0.29, 0.717) is 85.0 Å². The standard InChI is InChI=1S/C36H45BrFN6O3P.C18H15BrClFN3OP.C18H29N3O2.C7H8O3S.C4H10O/c1-5-24-20-31(33(46-2)22-32(24)44-14-12-26(13-15-44)43-16-18-47-19-17-43)41-36-39-23-28(37)35(42-36)40-30-11-10-25(21-34(30)48(3,4)45)27-8-6-7-9-29(27)38;1-26(2,25)16-9-11(12-5-3-4-6-14(12)21)7-8-15(16)23-17-13(19)10-22-18(20)24-17;1-3-14-12-16(19)18(22-2)13-17(14)21-6-4-15(5-7-21)20-8-10-23-11-9-20;1-6-2-4-7(5-3-6)11(8,9)10;1-2-3-4-5/h6-11,20,22-23,25-26H,5,12-19,21H2,1-4H3,(H2,39,40,41,42);3-10H,1-2H3,(H,22,23,24);12-13,15H,3-11,19H2,1-2H3;2-5H,1H3,(H,8,9,10);5H,2-4H2,1H3. The molecular formula is C83H107Br2ClF2N12O10P2S. The maximum absolute atomic E-state index is 14.6. The van der Waals surface area contributed by atoms with E-state index in [1.807, 2.05) is 25.1 Å². The zero-order chi connectivity index (χ0) is 81.6. The third-order valence-corrected chi connectivity index (χ3v) is 25.8. The summed E-state index contributed by atoms with van der Waals surface area (Å²) in [5.74, 6) is 2.08. The quantitative estimate of drug-likeness (QED) is 0.0169. The highest BCUT2D eigenvalue weighted by Crippen LogP contribution is 2.54. The number of ether oxygens (including phenoxy) is 4. The largest absolute Gasteiger partial charge is 0.495 e. The molecule has 2 aromatic heterocycles. The highest BCUT2D eigenvalue weighted by atomic mass is 79.9. The molecule has 0 saturated carbocycles. The van der Waals surface area contributed by atoms with Gasteiger partial charge < -0.3 is 64.7 Å². The summed E-state index contributed by atoms with van der Waals surface area (Å²) >= 11 is 12.8. The highest BCUT2D eigenvalue weighted by molar-refractivity contribution is 9.11. The number of halogens is 5. The number of unbranched alkanes of at least 4 members (excludes halogenated alkanes) is 1. The van der Waals surface area contributed by atoms with Crippen LogP contribution in [0.1, 0.15) is 93.9 Å². The molecule has 0 radical (unpaired) electrons. The Hall–Kier alpha value is -7.36. The van der Waals surface area contributed by atoms with Crippen molar-refractivity contribution in [2.24, 2.45) is 0 Å². The normalized spacial score (nSPS) is 16.6. The Bertz CT molecular complexity index is 4770. The van der Waals surface area contributed by atoms with Gasteiger partial charge in [0.15, 0.2) is 0 Å². The van der Waals surface area contributed by atoms with Gasteiger partial charge in [-0.2, -0.15) is 18.4 Å². The summed E-state index contributed by atoms with van der Waals surface area (Å²) in [7, 11) is -6.00. The van der Waals surface area contributed by atoms with E-state index >= 15 is 0 Å². The number of nitrogens with zero attached hydrogens (tertiary/aromatic N) is 8. The molecule has 6 aromatic carbocycles. The smallest absolute Gasteiger partial charge is 0.294 e. The van der Waals surface area contributed by atoms with E-state index < -0.39 is 24.4 Å². The monoisotopic (exact) mass is 1760 g/mol. The average Bonchev–Trinajstić information content (AvgIpc) is 0.722. The Kier molecular flexibility index (Phi) is 33.7. The fraction of sp³-hybridized carbons (Fsp3) is 0.422. The molecule has 13 rings (SSSR count). The Morgan fingerprint density at radius 3 is 1.71 bits per heavy atom. The first-order valence-corrected chi connectivity index (χ1v) is 46.8. The van der Waals surface area contributed by atoms with Crippen molar-refractivity contribution in [2.75, 3.05) is 158 Å². The molecule has 610 valence electrons. The minimum atomic E-state index is -4.02. The third-order valence-electron chi connectivity index (χ3n) is 20.3. The zero-order valence-electron chi connectivity index (χ0n) is 66.1. The van der Waals surface area contributed by atoms with Gasteiger partial charge in [0.2, 0.25) is 11.2 Å². The lowest BCUT2D eigenvalue weighted by Crippen LogP contribution is -2.49. The number of aliphatic hydroxyl groups excluding tert-OH is 1. The lowest BCUT2D eigenvalue weighted by Gasteiger charge is -2.41. The van der Waals surface area contributed by atoms with Crippen molar-refractivity contribution in [2.45, 2.75) is 108 Å². The third kappa shape index (κ3) is 25.3. The summed E-state index contributed by atoms with van der Waals surface area (Å²) in [6, 6.07) is 34.3. The van der Waals surface area contributed by atoms with E-state index in [4.69, 9.17) is 50.9 Å². The lowest BCUT2D eigenvalue weighted by atomic mass is 9.91. The number of aliphatic hydroxyl groups is 1. The minimum Gasteiger partial charge on any atom is -0.495 e. The summed E-state index contributed by atoms with van der Waals surface area (Å²) in [4.78, 5) is 27.4. The Morgan fingerprint density at radius 1 is 0.655 bits per heavy atom. The topological polar surface area (TPSA) is 272 Å². The van der Waals surface area contributed by atoms with Crippen molar-refractivity contribution in [1.82, 2.24) is 29.7 Å². The van der Waals surface area contributed by atoms with Crippen LogP contribution in [0.15, 0.2) is 165 Å². The number of aromatic nitrogens is 4. The van der Waals surface area contributed by atoms with Gasteiger partial charge in [0.05, 0.1) is 71.6 Å². The van der Waals surface area contributed by atoms with Gasteiger partial charge in [-0.15, -0.1) is 0 Å². The first kappa shape index (κ1) is 89.6. The van der Waals surface area contributed by atoms with Crippen molar-refractivity contribution in [3.8, 4) is 22.6 Å². The maximum atomic E-state index is 14.6. The molecule has 0 spiro atoms. The summed E-state index contributed by atoms with van der Waals surface area (Å²) in [6.45, 7) is 27.3. The van der Waals surface area contributed by atoms with Gasteiger partial charge >= 0.3 is 0 Å². The molecule has 22 nitrogen and oxygen atoms in total. The van der Waals surface area contributed by atoms with E-state index in [1.54, 1.807) is 108 Å². The van der Waals surface area contributed by atoms with Crippen LogP contribution >= 0.6 is 57.7 Å². The van der Waals surface area contributed by atoms with Crippen LogP contribution < -0.4 is 46.3 Å². The Balaban J connectivity index is 0.000000189. The predicted octanol–water partition coefficient (Wildman–Crippen LogP) is 17.8. The van der Waals surface area contributed by atoms with Gasteiger partial charge in [-0.3, -0.25) is 14.4 Å². The molecule has 0 bridgehead atoms.